The van der Waals surface area contributed by atoms with Crippen molar-refractivity contribution >= 4 is 0 Å². The zero-order chi connectivity index (χ0) is 13.6. The second-order valence-electron chi connectivity index (χ2n) is 6.41. The molecule has 1 aliphatic rings. The first-order valence-corrected chi connectivity index (χ1v) is 6.80. The molecule has 0 saturated heterocycles. The summed E-state index contributed by atoms with van der Waals surface area (Å²) in [7, 11) is 0. The highest BCUT2D eigenvalue weighted by Crippen LogP contribution is 2.42. The standard InChI is InChI=1S/C15H21N3O/c1-10-4-12-13(5-15(2,3)6-14(12)19)18(10)8-11-7-16-9-17-11/h4,7,9,14,19H,5-6,8H2,1-3H3,(H,16,17). The fraction of sp³-hybridized carbons (Fsp3) is 0.533. The number of hydrogen-bond donors (Lipinski definition) is 2. The van der Waals surface area contributed by atoms with Crippen LogP contribution >= 0.6 is 0 Å². The molecule has 4 nitrogen and oxygen atoms in total. The van der Waals surface area contributed by atoms with Crippen molar-refractivity contribution in [3.05, 3.63) is 41.2 Å². The number of rotatable bonds is 2. The Bertz CT molecular complexity index is 581. The Labute approximate surface area is 113 Å². The lowest BCUT2D eigenvalue weighted by atomic mass is 9.75. The van der Waals surface area contributed by atoms with Gasteiger partial charge in [0, 0.05) is 23.1 Å². The third kappa shape index (κ3) is 2.21. The number of aryl methyl sites for hydroxylation is 1. The van der Waals surface area contributed by atoms with Crippen molar-refractivity contribution in [2.75, 3.05) is 0 Å². The second-order valence-corrected chi connectivity index (χ2v) is 6.41. The summed E-state index contributed by atoms with van der Waals surface area (Å²) < 4.78 is 2.30. The maximum Gasteiger partial charge on any atom is 0.0922 e. The summed E-state index contributed by atoms with van der Waals surface area (Å²) in [5.41, 5.74) is 4.84. The fourth-order valence-corrected chi connectivity index (χ4v) is 3.16. The third-order valence-electron chi connectivity index (χ3n) is 4.08. The lowest BCUT2D eigenvalue weighted by molar-refractivity contribution is 0.0981. The van der Waals surface area contributed by atoms with E-state index in [0.29, 0.717) is 0 Å². The molecule has 0 aromatic carbocycles. The molecule has 0 aliphatic heterocycles. The van der Waals surface area contributed by atoms with Crippen LogP contribution in [0.3, 0.4) is 0 Å². The van der Waals surface area contributed by atoms with Crippen LogP contribution in [-0.2, 0) is 13.0 Å². The maximum atomic E-state index is 10.3. The zero-order valence-electron chi connectivity index (χ0n) is 11.8. The van der Waals surface area contributed by atoms with Crippen molar-refractivity contribution in [3.63, 3.8) is 0 Å². The van der Waals surface area contributed by atoms with Crippen molar-refractivity contribution in [3.8, 4) is 0 Å². The first-order valence-electron chi connectivity index (χ1n) is 6.80. The van der Waals surface area contributed by atoms with Gasteiger partial charge in [-0.1, -0.05) is 13.8 Å². The van der Waals surface area contributed by atoms with Gasteiger partial charge in [-0.25, -0.2) is 4.98 Å². The molecule has 0 amide bonds. The monoisotopic (exact) mass is 259 g/mol. The number of nitrogens with zero attached hydrogens (tertiary/aromatic N) is 2. The molecule has 0 spiro atoms. The Balaban J connectivity index is 2.02. The molecule has 1 atom stereocenters. The Morgan fingerprint density at radius 1 is 1.53 bits per heavy atom. The summed E-state index contributed by atoms with van der Waals surface area (Å²) in [6.07, 6.45) is 5.09. The predicted octanol–water partition coefficient (Wildman–Crippen LogP) is 2.57. The third-order valence-corrected chi connectivity index (χ3v) is 4.08. The average Bonchev–Trinajstić information content (AvgIpc) is 2.90. The molecule has 2 heterocycles. The number of aromatic amines is 1. The van der Waals surface area contributed by atoms with Crippen LogP contribution in [0.4, 0.5) is 0 Å². The van der Waals surface area contributed by atoms with Gasteiger partial charge in [0.1, 0.15) is 0 Å². The Morgan fingerprint density at radius 3 is 3.00 bits per heavy atom. The lowest BCUT2D eigenvalue weighted by Crippen LogP contribution is -2.27. The molecule has 2 N–H and O–H groups in total. The van der Waals surface area contributed by atoms with E-state index < -0.39 is 0 Å². The Kier molecular flexibility index (Phi) is 2.78. The first kappa shape index (κ1) is 12.5. The van der Waals surface area contributed by atoms with Crippen LogP contribution < -0.4 is 0 Å². The van der Waals surface area contributed by atoms with E-state index in [-0.39, 0.29) is 11.5 Å². The summed E-state index contributed by atoms with van der Waals surface area (Å²) in [6.45, 7) is 7.35. The summed E-state index contributed by atoms with van der Waals surface area (Å²) in [6, 6.07) is 2.13. The van der Waals surface area contributed by atoms with E-state index in [0.717, 1.165) is 30.6 Å². The maximum absolute atomic E-state index is 10.3. The van der Waals surface area contributed by atoms with Gasteiger partial charge in [-0.15, -0.1) is 0 Å². The zero-order valence-corrected chi connectivity index (χ0v) is 11.8. The van der Waals surface area contributed by atoms with Crippen LogP contribution in [0.25, 0.3) is 0 Å². The number of imidazole rings is 1. The molecule has 0 saturated carbocycles. The highest BCUT2D eigenvalue weighted by atomic mass is 16.3. The normalized spacial score (nSPS) is 21.4. The van der Waals surface area contributed by atoms with E-state index in [1.807, 2.05) is 6.20 Å². The molecule has 1 aliphatic carbocycles. The minimum Gasteiger partial charge on any atom is -0.388 e. The lowest BCUT2D eigenvalue weighted by Gasteiger charge is -2.34. The average molecular weight is 259 g/mol. The number of aliphatic hydroxyl groups is 1. The van der Waals surface area contributed by atoms with Gasteiger partial charge >= 0.3 is 0 Å². The highest BCUT2D eigenvalue weighted by Gasteiger charge is 2.34. The van der Waals surface area contributed by atoms with Crippen molar-refractivity contribution in [1.29, 1.82) is 0 Å². The van der Waals surface area contributed by atoms with Gasteiger partial charge in [0.2, 0.25) is 0 Å². The molecule has 4 heteroatoms. The Morgan fingerprint density at radius 2 is 2.32 bits per heavy atom. The fourth-order valence-electron chi connectivity index (χ4n) is 3.16. The van der Waals surface area contributed by atoms with Crippen LogP contribution in [0, 0.1) is 12.3 Å². The van der Waals surface area contributed by atoms with Gasteiger partial charge in [0.15, 0.2) is 0 Å². The molecule has 0 radical (unpaired) electrons. The summed E-state index contributed by atoms with van der Waals surface area (Å²) >= 11 is 0. The van der Waals surface area contributed by atoms with E-state index in [1.165, 1.54) is 11.4 Å². The smallest absolute Gasteiger partial charge is 0.0922 e. The van der Waals surface area contributed by atoms with Gasteiger partial charge in [-0.2, -0.15) is 0 Å². The van der Waals surface area contributed by atoms with Crippen molar-refractivity contribution in [2.24, 2.45) is 5.41 Å². The highest BCUT2D eigenvalue weighted by molar-refractivity contribution is 5.33. The number of aromatic nitrogens is 3. The van der Waals surface area contributed by atoms with Crippen LogP contribution in [0.1, 0.15) is 49.0 Å². The molecule has 2 aromatic heterocycles. The van der Waals surface area contributed by atoms with Crippen molar-refractivity contribution in [2.45, 2.75) is 46.3 Å². The SMILES string of the molecule is Cc1cc2c(n1Cc1cnc[nH]1)CC(C)(C)CC2O. The number of hydrogen-bond acceptors (Lipinski definition) is 2. The number of H-pyrrole nitrogens is 1. The molecule has 0 fully saturated rings. The minimum atomic E-state index is -0.333. The number of nitrogens with one attached hydrogen (secondary N) is 1. The van der Waals surface area contributed by atoms with Gasteiger partial charge in [-0.3, -0.25) is 0 Å². The van der Waals surface area contributed by atoms with Crippen LogP contribution in [-0.4, -0.2) is 19.6 Å². The van der Waals surface area contributed by atoms with Crippen LogP contribution in [0.15, 0.2) is 18.6 Å². The molecular weight excluding hydrogens is 238 g/mol. The van der Waals surface area contributed by atoms with E-state index in [9.17, 15) is 5.11 Å². The van der Waals surface area contributed by atoms with E-state index in [2.05, 4.69) is 41.4 Å². The first-order chi connectivity index (χ1) is 8.96. The van der Waals surface area contributed by atoms with Gasteiger partial charge in [0.05, 0.1) is 24.7 Å². The Hall–Kier alpha value is -1.55. The van der Waals surface area contributed by atoms with E-state index in [4.69, 9.17) is 0 Å². The van der Waals surface area contributed by atoms with Crippen LogP contribution in [0.2, 0.25) is 0 Å². The molecular formula is C15H21N3O. The predicted molar refractivity (Wildman–Crippen MR) is 73.9 cm³/mol. The molecule has 0 bridgehead atoms. The molecule has 3 rings (SSSR count). The van der Waals surface area contributed by atoms with E-state index in [1.54, 1.807) is 6.33 Å². The van der Waals surface area contributed by atoms with Gasteiger partial charge < -0.3 is 14.7 Å². The summed E-state index contributed by atoms with van der Waals surface area (Å²) in [5.74, 6) is 0. The second kappa shape index (κ2) is 4.23. The molecule has 19 heavy (non-hydrogen) atoms. The molecule has 2 aromatic rings. The number of fused-ring (bicyclic) bond motifs is 1. The quantitative estimate of drug-likeness (QED) is 0.871. The number of aliphatic hydroxyl groups excluding tert-OH is 1. The van der Waals surface area contributed by atoms with Gasteiger partial charge in [-0.05, 0) is 31.2 Å². The van der Waals surface area contributed by atoms with Crippen molar-refractivity contribution in [1.82, 2.24) is 14.5 Å². The topological polar surface area (TPSA) is 53.8 Å². The largest absolute Gasteiger partial charge is 0.388 e. The molecule has 1 unspecified atom stereocenters. The minimum absolute atomic E-state index is 0.156. The molecule has 102 valence electrons. The summed E-state index contributed by atoms with van der Waals surface area (Å²) in [4.78, 5) is 7.22. The van der Waals surface area contributed by atoms with Gasteiger partial charge in [0.25, 0.3) is 0 Å². The van der Waals surface area contributed by atoms with E-state index >= 15 is 0 Å². The summed E-state index contributed by atoms with van der Waals surface area (Å²) in [5, 5.41) is 10.3. The van der Waals surface area contributed by atoms with Crippen molar-refractivity contribution < 1.29 is 5.11 Å². The van der Waals surface area contributed by atoms with Crippen LogP contribution in [0.5, 0.6) is 0 Å².